The predicted octanol–water partition coefficient (Wildman–Crippen LogP) is 4.68. The van der Waals surface area contributed by atoms with E-state index in [0.717, 1.165) is 22.6 Å². The molecule has 2 heterocycles. The molecule has 108 valence electrons. The van der Waals surface area contributed by atoms with Crippen molar-refractivity contribution in [3.8, 4) is 0 Å². The van der Waals surface area contributed by atoms with E-state index in [0.29, 0.717) is 11.7 Å². The smallest absolute Gasteiger partial charge is 0.151 e. The molecule has 0 aliphatic rings. The fraction of sp³-hybridized carbons (Fsp3) is 0.250. The summed E-state index contributed by atoms with van der Waals surface area (Å²) < 4.78 is 0. The molecule has 0 unspecified atom stereocenters. The second-order valence-corrected chi connectivity index (χ2v) is 6.12. The lowest BCUT2D eigenvalue weighted by Crippen LogP contribution is -2.24. The van der Waals surface area contributed by atoms with Crippen LogP contribution in [0, 0.1) is 6.92 Å². The van der Waals surface area contributed by atoms with Gasteiger partial charge in [0, 0.05) is 17.6 Å². The van der Waals surface area contributed by atoms with Crippen LogP contribution in [-0.2, 0) is 6.54 Å². The van der Waals surface area contributed by atoms with Crippen molar-refractivity contribution in [1.82, 2.24) is 9.97 Å². The van der Waals surface area contributed by atoms with Crippen LogP contribution in [0.25, 0.3) is 10.2 Å². The van der Waals surface area contributed by atoms with Gasteiger partial charge < -0.3 is 4.90 Å². The van der Waals surface area contributed by atoms with Crippen molar-refractivity contribution in [3.05, 3.63) is 52.3 Å². The topological polar surface area (TPSA) is 29.0 Å². The second kappa shape index (κ2) is 6.00. The average molecular weight is 318 g/mol. The molecule has 0 aliphatic heterocycles. The summed E-state index contributed by atoms with van der Waals surface area (Å²) in [5.41, 5.74) is 2.47. The lowest BCUT2D eigenvalue weighted by molar-refractivity contribution is 0.784. The minimum absolute atomic E-state index is 0.539. The van der Waals surface area contributed by atoms with E-state index >= 15 is 0 Å². The molecule has 0 N–H and O–H groups in total. The number of halogens is 1. The van der Waals surface area contributed by atoms with Crippen molar-refractivity contribution in [2.75, 3.05) is 11.4 Å². The van der Waals surface area contributed by atoms with Gasteiger partial charge in [-0.3, -0.25) is 0 Å². The summed E-state index contributed by atoms with van der Waals surface area (Å²) in [6, 6.07) is 10.3. The number of benzene rings is 1. The van der Waals surface area contributed by atoms with Crippen LogP contribution in [0.5, 0.6) is 0 Å². The molecule has 3 rings (SSSR count). The zero-order valence-corrected chi connectivity index (χ0v) is 13.6. The van der Waals surface area contributed by atoms with Crippen LogP contribution in [0.3, 0.4) is 0 Å². The maximum Gasteiger partial charge on any atom is 0.151 e. The molecule has 5 heteroatoms. The van der Waals surface area contributed by atoms with E-state index in [1.165, 1.54) is 11.3 Å². The molecule has 0 saturated carbocycles. The van der Waals surface area contributed by atoms with Crippen molar-refractivity contribution in [1.29, 1.82) is 0 Å². The van der Waals surface area contributed by atoms with Crippen LogP contribution in [0.15, 0.2) is 35.7 Å². The van der Waals surface area contributed by atoms with Gasteiger partial charge in [-0.25, -0.2) is 9.97 Å². The average Bonchev–Trinajstić information content (AvgIpc) is 2.94. The normalized spacial score (nSPS) is 11.0. The van der Waals surface area contributed by atoms with E-state index in [4.69, 9.17) is 11.6 Å². The molecule has 0 saturated heterocycles. The first kappa shape index (κ1) is 14.3. The van der Waals surface area contributed by atoms with Gasteiger partial charge in [0.1, 0.15) is 9.98 Å². The molecule has 0 atom stereocenters. The SMILES string of the molecule is CCN(Cc1nc(Cl)c2ccsc2n1)c1ccccc1C. The molecule has 3 nitrogen and oxygen atoms in total. The first-order valence-electron chi connectivity index (χ1n) is 6.89. The highest BCUT2D eigenvalue weighted by Crippen LogP contribution is 2.26. The van der Waals surface area contributed by atoms with E-state index in [1.807, 2.05) is 11.4 Å². The largest absolute Gasteiger partial charge is 0.364 e. The third kappa shape index (κ3) is 2.87. The Bertz CT molecular complexity index is 769. The summed E-state index contributed by atoms with van der Waals surface area (Å²) in [6.07, 6.45) is 0. The van der Waals surface area contributed by atoms with E-state index in [-0.39, 0.29) is 0 Å². The van der Waals surface area contributed by atoms with Crippen LogP contribution in [0.4, 0.5) is 5.69 Å². The number of hydrogen-bond donors (Lipinski definition) is 0. The predicted molar refractivity (Wildman–Crippen MR) is 90.3 cm³/mol. The third-order valence-corrected chi connectivity index (χ3v) is 4.59. The van der Waals surface area contributed by atoms with Gasteiger partial charge in [0.25, 0.3) is 0 Å². The number of fused-ring (bicyclic) bond motifs is 1. The summed E-state index contributed by atoms with van der Waals surface area (Å²) in [7, 11) is 0. The molecular formula is C16H16ClN3S. The summed E-state index contributed by atoms with van der Waals surface area (Å²) in [5.74, 6) is 0.764. The van der Waals surface area contributed by atoms with Crippen molar-refractivity contribution in [3.63, 3.8) is 0 Å². The van der Waals surface area contributed by atoms with Gasteiger partial charge >= 0.3 is 0 Å². The Morgan fingerprint density at radius 2 is 2.00 bits per heavy atom. The Morgan fingerprint density at radius 3 is 2.76 bits per heavy atom. The van der Waals surface area contributed by atoms with Crippen LogP contribution >= 0.6 is 22.9 Å². The van der Waals surface area contributed by atoms with Crippen molar-refractivity contribution in [2.45, 2.75) is 20.4 Å². The Morgan fingerprint density at radius 1 is 1.19 bits per heavy atom. The number of thiophene rings is 1. The highest BCUT2D eigenvalue weighted by Gasteiger charge is 2.12. The van der Waals surface area contributed by atoms with Crippen LogP contribution in [0.2, 0.25) is 5.15 Å². The fourth-order valence-corrected chi connectivity index (χ4v) is 3.48. The molecule has 0 fully saturated rings. The van der Waals surface area contributed by atoms with E-state index in [2.05, 4.69) is 53.0 Å². The lowest BCUT2D eigenvalue weighted by Gasteiger charge is -2.24. The van der Waals surface area contributed by atoms with Gasteiger partial charge in [0.05, 0.1) is 6.54 Å². The Kier molecular flexibility index (Phi) is 4.08. The van der Waals surface area contributed by atoms with Crippen molar-refractivity contribution in [2.24, 2.45) is 0 Å². The quantitative estimate of drug-likeness (QED) is 0.654. The molecule has 0 spiro atoms. The zero-order valence-electron chi connectivity index (χ0n) is 12.0. The number of rotatable bonds is 4. The minimum atomic E-state index is 0.539. The van der Waals surface area contributed by atoms with E-state index in [1.54, 1.807) is 11.3 Å². The highest BCUT2D eigenvalue weighted by atomic mass is 35.5. The molecule has 3 aromatic rings. The summed E-state index contributed by atoms with van der Waals surface area (Å²) in [6.45, 7) is 5.81. The Hall–Kier alpha value is -1.65. The van der Waals surface area contributed by atoms with Gasteiger partial charge in [0.2, 0.25) is 0 Å². The fourth-order valence-electron chi connectivity index (χ4n) is 2.39. The number of aryl methyl sites for hydroxylation is 1. The molecule has 0 bridgehead atoms. The maximum atomic E-state index is 6.24. The van der Waals surface area contributed by atoms with Crippen molar-refractivity contribution < 1.29 is 0 Å². The van der Waals surface area contributed by atoms with Gasteiger partial charge in [-0.15, -0.1) is 11.3 Å². The summed E-state index contributed by atoms with van der Waals surface area (Å²) >= 11 is 7.84. The maximum absolute atomic E-state index is 6.24. The number of anilines is 1. The van der Waals surface area contributed by atoms with Crippen LogP contribution in [-0.4, -0.2) is 16.5 Å². The minimum Gasteiger partial charge on any atom is -0.364 e. The molecule has 0 radical (unpaired) electrons. The first-order valence-corrected chi connectivity index (χ1v) is 8.15. The van der Waals surface area contributed by atoms with Gasteiger partial charge in [-0.05, 0) is 36.9 Å². The molecule has 1 aromatic carbocycles. The van der Waals surface area contributed by atoms with Gasteiger partial charge in [-0.2, -0.15) is 0 Å². The standard InChI is InChI=1S/C16H16ClN3S/c1-3-20(13-7-5-4-6-11(13)2)10-14-18-15(17)12-8-9-21-16(12)19-14/h4-9H,3,10H2,1-2H3. The lowest BCUT2D eigenvalue weighted by atomic mass is 10.2. The second-order valence-electron chi connectivity index (χ2n) is 4.87. The molecule has 21 heavy (non-hydrogen) atoms. The number of aromatic nitrogens is 2. The van der Waals surface area contributed by atoms with Gasteiger partial charge in [-0.1, -0.05) is 29.8 Å². The van der Waals surface area contributed by atoms with Crippen LogP contribution < -0.4 is 4.90 Å². The first-order chi connectivity index (χ1) is 10.2. The van der Waals surface area contributed by atoms with Gasteiger partial charge in [0.15, 0.2) is 5.82 Å². The number of hydrogen-bond acceptors (Lipinski definition) is 4. The molecule has 2 aromatic heterocycles. The molecule has 0 amide bonds. The zero-order chi connectivity index (χ0) is 14.8. The molecular weight excluding hydrogens is 302 g/mol. The monoisotopic (exact) mass is 317 g/mol. The molecule has 0 aliphatic carbocycles. The number of nitrogens with zero attached hydrogens (tertiary/aromatic N) is 3. The highest BCUT2D eigenvalue weighted by molar-refractivity contribution is 7.16. The summed E-state index contributed by atoms with van der Waals surface area (Å²) in [5, 5.41) is 3.47. The Labute approximate surface area is 133 Å². The van der Waals surface area contributed by atoms with Crippen LogP contribution in [0.1, 0.15) is 18.3 Å². The Balaban J connectivity index is 1.94. The summed E-state index contributed by atoms with van der Waals surface area (Å²) in [4.78, 5) is 12.3. The van der Waals surface area contributed by atoms with E-state index in [9.17, 15) is 0 Å². The van der Waals surface area contributed by atoms with Crippen molar-refractivity contribution >= 4 is 38.8 Å². The third-order valence-electron chi connectivity index (χ3n) is 3.50. The number of para-hydroxylation sites is 1. The van der Waals surface area contributed by atoms with E-state index < -0.39 is 0 Å².